The van der Waals surface area contributed by atoms with Crippen LogP contribution in [0.4, 0.5) is 5.69 Å². The van der Waals surface area contributed by atoms with E-state index >= 15 is 0 Å². The van der Waals surface area contributed by atoms with Crippen LogP contribution < -0.4 is 10.7 Å². The number of hydrogen-bond acceptors (Lipinski definition) is 3. The van der Waals surface area contributed by atoms with Gasteiger partial charge in [0.15, 0.2) is 0 Å². The second-order valence-electron chi connectivity index (χ2n) is 6.75. The summed E-state index contributed by atoms with van der Waals surface area (Å²) in [6.45, 7) is 2.19. The van der Waals surface area contributed by atoms with Crippen molar-refractivity contribution in [1.82, 2.24) is 5.43 Å². The predicted molar refractivity (Wildman–Crippen MR) is 117 cm³/mol. The van der Waals surface area contributed by atoms with Gasteiger partial charge in [-0.25, -0.2) is 5.43 Å². The molecular weight excluding hydrogens is 346 g/mol. The smallest absolute Gasteiger partial charge is 0.259 e. The van der Waals surface area contributed by atoms with Gasteiger partial charge in [0.1, 0.15) is 0 Å². The zero-order valence-corrected chi connectivity index (χ0v) is 15.6. The van der Waals surface area contributed by atoms with Gasteiger partial charge < -0.3 is 5.32 Å². The van der Waals surface area contributed by atoms with E-state index < -0.39 is 0 Å². The number of hydrazone groups is 1. The first kappa shape index (κ1) is 17.7. The lowest BCUT2D eigenvalue weighted by molar-refractivity contribution is -0.119. The van der Waals surface area contributed by atoms with E-state index in [1.165, 1.54) is 5.56 Å². The van der Waals surface area contributed by atoms with Gasteiger partial charge in [0, 0.05) is 11.3 Å². The molecule has 0 aliphatic carbocycles. The first-order valence-corrected chi connectivity index (χ1v) is 9.24. The molecule has 0 fully saturated rings. The van der Waals surface area contributed by atoms with Crippen LogP contribution in [0.1, 0.15) is 11.1 Å². The summed E-state index contributed by atoms with van der Waals surface area (Å²) < 4.78 is 0. The Kier molecular flexibility index (Phi) is 5.02. The molecule has 0 saturated heterocycles. The molecule has 0 aliphatic rings. The summed E-state index contributed by atoms with van der Waals surface area (Å²) in [5, 5.41) is 11.8. The number of rotatable bonds is 5. The molecule has 138 valence electrons. The summed E-state index contributed by atoms with van der Waals surface area (Å²) in [7, 11) is 0. The molecule has 2 N–H and O–H groups in total. The quantitative estimate of drug-likeness (QED) is 0.301. The van der Waals surface area contributed by atoms with E-state index in [2.05, 4.69) is 46.2 Å². The Morgan fingerprint density at radius 1 is 0.893 bits per heavy atom. The number of amides is 1. The fraction of sp³-hybridized carbons (Fsp3) is 0.0833. The Labute approximate surface area is 163 Å². The van der Waals surface area contributed by atoms with Crippen molar-refractivity contribution in [2.45, 2.75) is 6.92 Å². The third-order valence-corrected chi connectivity index (χ3v) is 4.70. The van der Waals surface area contributed by atoms with Crippen molar-refractivity contribution in [3.8, 4) is 0 Å². The molecule has 4 nitrogen and oxygen atoms in total. The Balaban J connectivity index is 1.51. The zero-order valence-electron chi connectivity index (χ0n) is 15.6. The van der Waals surface area contributed by atoms with Crippen LogP contribution in [0.3, 0.4) is 0 Å². The number of benzene rings is 4. The molecular formula is C24H21N3O. The van der Waals surface area contributed by atoms with Gasteiger partial charge >= 0.3 is 0 Å². The highest BCUT2D eigenvalue weighted by Gasteiger charge is 2.06. The van der Waals surface area contributed by atoms with Crippen molar-refractivity contribution >= 4 is 39.4 Å². The molecule has 0 bridgehead atoms. The standard InChI is InChI=1S/C24H21N3O/c1-17-10-12-20(13-11-17)25-16-24(28)27-26-15-23-21-8-4-2-6-18(21)14-19-7-3-5-9-22(19)23/h2-15,25H,16H2,1H3,(H,27,28)/b26-15+. The highest BCUT2D eigenvalue weighted by molar-refractivity contribution is 6.13. The third kappa shape index (κ3) is 3.86. The van der Waals surface area contributed by atoms with Crippen molar-refractivity contribution in [3.63, 3.8) is 0 Å². The SMILES string of the molecule is Cc1ccc(NCC(=O)N/N=C/c2c3ccccc3cc3ccccc23)cc1. The number of nitrogens with zero attached hydrogens (tertiary/aromatic N) is 1. The lowest BCUT2D eigenvalue weighted by Crippen LogP contribution is -2.25. The van der Waals surface area contributed by atoms with Crippen molar-refractivity contribution in [3.05, 3.63) is 90.0 Å². The summed E-state index contributed by atoms with van der Waals surface area (Å²) in [6, 6.07) is 26.5. The first-order chi connectivity index (χ1) is 13.7. The van der Waals surface area contributed by atoms with Crippen LogP contribution >= 0.6 is 0 Å². The maximum Gasteiger partial charge on any atom is 0.259 e. The normalized spacial score (nSPS) is 11.2. The number of nitrogens with one attached hydrogen (secondary N) is 2. The average molecular weight is 367 g/mol. The predicted octanol–water partition coefficient (Wildman–Crippen LogP) is 4.86. The maximum absolute atomic E-state index is 12.1. The molecule has 28 heavy (non-hydrogen) atoms. The van der Waals surface area contributed by atoms with E-state index in [4.69, 9.17) is 0 Å². The van der Waals surface area contributed by atoms with Crippen LogP contribution in [0.2, 0.25) is 0 Å². The van der Waals surface area contributed by atoms with Gasteiger partial charge in [-0.05, 0) is 46.7 Å². The molecule has 4 aromatic rings. The van der Waals surface area contributed by atoms with Crippen molar-refractivity contribution < 1.29 is 4.79 Å². The van der Waals surface area contributed by atoms with Gasteiger partial charge in [-0.1, -0.05) is 66.2 Å². The van der Waals surface area contributed by atoms with Crippen LogP contribution in [0.15, 0.2) is 84.0 Å². The van der Waals surface area contributed by atoms with Crippen molar-refractivity contribution in [1.29, 1.82) is 0 Å². The largest absolute Gasteiger partial charge is 0.376 e. The number of carbonyl (C=O) groups excluding carboxylic acids is 1. The van der Waals surface area contributed by atoms with E-state index in [1.54, 1.807) is 6.21 Å². The second-order valence-corrected chi connectivity index (χ2v) is 6.75. The number of hydrogen-bond donors (Lipinski definition) is 2. The van der Waals surface area contributed by atoms with Gasteiger partial charge in [0.05, 0.1) is 12.8 Å². The minimum Gasteiger partial charge on any atom is -0.376 e. The molecule has 4 rings (SSSR count). The molecule has 0 aromatic heterocycles. The Morgan fingerprint density at radius 2 is 1.50 bits per heavy atom. The van der Waals surface area contributed by atoms with Crippen LogP contribution in [-0.4, -0.2) is 18.7 Å². The van der Waals surface area contributed by atoms with E-state index in [0.717, 1.165) is 32.8 Å². The summed E-state index contributed by atoms with van der Waals surface area (Å²) in [6.07, 6.45) is 1.73. The number of fused-ring (bicyclic) bond motifs is 2. The number of anilines is 1. The minimum atomic E-state index is -0.193. The van der Waals surface area contributed by atoms with Crippen molar-refractivity contribution in [2.24, 2.45) is 5.10 Å². The van der Waals surface area contributed by atoms with Crippen LogP contribution in [0, 0.1) is 6.92 Å². The van der Waals surface area contributed by atoms with Gasteiger partial charge in [-0.3, -0.25) is 4.79 Å². The minimum absolute atomic E-state index is 0.163. The fourth-order valence-electron chi connectivity index (χ4n) is 3.25. The average Bonchev–Trinajstić information content (AvgIpc) is 2.73. The van der Waals surface area contributed by atoms with Gasteiger partial charge in [0.25, 0.3) is 5.91 Å². The monoisotopic (exact) mass is 367 g/mol. The first-order valence-electron chi connectivity index (χ1n) is 9.24. The molecule has 0 spiro atoms. The molecule has 0 unspecified atom stereocenters. The van der Waals surface area contributed by atoms with E-state index in [9.17, 15) is 4.79 Å². The zero-order chi connectivity index (χ0) is 19.3. The highest BCUT2D eigenvalue weighted by Crippen LogP contribution is 2.27. The summed E-state index contributed by atoms with van der Waals surface area (Å²) in [4.78, 5) is 12.1. The van der Waals surface area contributed by atoms with Crippen molar-refractivity contribution in [2.75, 3.05) is 11.9 Å². The molecule has 0 radical (unpaired) electrons. The Hall–Kier alpha value is -3.66. The Morgan fingerprint density at radius 3 is 2.14 bits per heavy atom. The number of carbonyl (C=O) groups is 1. The van der Waals surface area contributed by atoms with E-state index in [-0.39, 0.29) is 12.5 Å². The fourth-order valence-corrected chi connectivity index (χ4v) is 3.25. The molecule has 4 aromatic carbocycles. The van der Waals surface area contributed by atoms with Crippen LogP contribution in [0.5, 0.6) is 0 Å². The molecule has 1 amide bonds. The lowest BCUT2D eigenvalue weighted by Gasteiger charge is -2.08. The van der Waals surface area contributed by atoms with Gasteiger partial charge in [0.2, 0.25) is 0 Å². The summed E-state index contributed by atoms with van der Waals surface area (Å²) in [5.74, 6) is -0.193. The maximum atomic E-state index is 12.1. The lowest BCUT2D eigenvalue weighted by atomic mass is 9.97. The second kappa shape index (κ2) is 7.92. The molecule has 0 atom stereocenters. The summed E-state index contributed by atoms with van der Waals surface area (Å²) in [5.41, 5.74) is 5.70. The molecule has 0 aliphatic heterocycles. The van der Waals surface area contributed by atoms with E-state index in [1.807, 2.05) is 55.5 Å². The highest BCUT2D eigenvalue weighted by atomic mass is 16.2. The molecule has 0 saturated carbocycles. The Bertz CT molecular complexity index is 1110. The van der Waals surface area contributed by atoms with E-state index in [0.29, 0.717) is 0 Å². The van der Waals surface area contributed by atoms with Gasteiger partial charge in [-0.2, -0.15) is 5.10 Å². The number of aryl methyl sites for hydroxylation is 1. The third-order valence-electron chi connectivity index (χ3n) is 4.70. The summed E-state index contributed by atoms with van der Waals surface area (Å²) >= 11 is 0. The molecule has 4 heteroatoms. The van der Waals surface area contributed by atoms with Crippen LogP contribution in [0.25, 0.3) is 21.5 Å². The molecule has 0 heterocycles. The van der Waals surface area contributed by atoms with Crippen LogP contribution in [-0.2, 0) is 4.79 Å². The van der Waals surface area contributed by atoms with Gasteiger partial charge in [-0.15, -0.1) is 0 Å². The topological polar surface area (TPSA) is 53.5 Å².